The molecular weight excluding hydrogens is 749 g/mol. The molecule has 0 unspecified atom stereocenters. The van der Waals surface area contributed by atoms with Gasteiger partial charge in [0.2, 0.25) is 11.6 Å². The van der Waals surface area contributed by atoms with Crippen LogP contribution in [-0.4, -0.2) is 72.8 Å². The predicted octanol–water partition coefficient (Wildman–Crippen LogP) is 8.70. The largest absolute Gasteiger partial charge is 0.507 e. The van der Waals surface area contributed by atoms with Crippen molar-refractivity contribution in [1.82, 2.24) is 15.0 Å². The normalized spacial score (nSPS) is 21.5. The first kappa shape index (κ1) is 40.9. The number of pyridine rings is 1. The Morgan fingerprint density at radius 1 is 0.931 bits per heavy atom. The predicted molar refractivity (Wildman–Crippen MR) is 227 cm³/mol. The molecule has 7 rings (SSSR count). The summed E-state index contributed by atoms with van der Waals surface area (Å²) in [6.07, 6.45) is 5.83. The second kappa shape index (κ2) is 15.8. The third-order valence-corrected chi connectivity index (χ3v) is 16.7. The van der Waals surface area contributed by atoms with Gasteiger partial charge in [0, 0.05) is 44.2 Å². The van der Waals surface area contributed by atoms with Crippen LogP contribution in [0.2, 0.25) is 18.1 Å². The standard InChI is InChI=1S/C46H54N4O7Si/c1-10-22-50(23-11-2)38-33-25-31-24-32-36(34(26-47-43(32)49(6)7)54-27-29-18-14-12-15-19-29)39(51)35(31)41(52)46(33,57-58(8,9)45(3,4)5)42(53)37-40(38)56-48-44(37)55-28-30-20-16-13-17-21-30/h10-21,26,31,33,38,51H,1-2,22-25,27-28H2,3-9H3/t31-,33-,38-,46-/m0/s1. The number of anilines is 1. The summed E-state index contributed by atoms with van der Waals surface area (Å²) < 4.78 is 26.1. The van der Waals surface area contributed by atoms with Crippen molar-refractivity contribution < 1.29 is 33.1 Å². The number of carbonyl (C=O) groups excluding carboxylic acids is 2. The zero-order valence-corrected chi connectivity index (χ0v) is 35.6. The van der Waals surface area contributed by atoms with E-state index in [1.54, 1.807) is 18.3 Å². The van der Waals surface area contributed by atoms with Gasteiger partial charge in [0.1, 0.15) is 36.1 Å². The maximum atomic E-state index is 16.0. The Morgan fingerprint density at radius 3 is 2.10 bits per heavy atom. The van der Waals surface area contributed by atoms with E-state index in [1.807, 2.05) is 92.8 Å². The van der Waals surface area contributed by atoms with Gasteiger partial charge in [0.05, 0.1) is 17.8 Å². The minimum Gasteiger partial charge on any atom is -0.507 e. The number of hydrogen-bond donors (Lipinski definition) is 1. The molecule has 0 aliphatic heterocycles. The molecule has 3 aliphatic rings. The Morgan fingerprint density at radius 2 is 1.53 bits per heavy atom. The quantitative estimate of drug-likeness (QED) is 0.0748. The minimum absolute atomic E-state index is 0.0110. The van der Waals surface area contributed by atoms with Gasteiger partial charge < -0.3 is 28.4 Å². The summed E-state index contributed by atoms with van der Waals surface area (Å²) in [6, 6.07) is 18.6. The minimum atomic E-state index is -2.96. The average Bonchev–Trinajstić information content (AvgIpc) is 3.61. The van der Waals surface area contributed by atoms with E-state index < -0.39 is 48.4 Å². The van der Waals surface area contributed by atoms with Crippen LogP contribution in [-0.2, 0) is 28.9 Å². The lowest BCUT2D eigenvalue weighted by atomic mass is 9.57. The first-order valence-electron chi connectivity index (χ1n) is 19.9. The highest BCUT2D eigenvalue weighted by Crippen LogP contribution is 2.59. The maximum absolute atomic E-state index is 16.0. The Hall–Kier alpha value is -5.30. The second-order valence-corrected chi connectivity index (χ2v) is 21.9. The maximum Gasteiger partial charge on any atom is 0.265 e. The third-order valence-electron chi connectivity index (χ3n) is 12.2. The molecule has 1 saturated carbocycles. The number of aliphatic hydroxyl groups is 1. The number of aliphatic hydroxyl groups excluding tert-OH is 1. The van der Waals surface area contributed by atoms with E-state index in [0.717, 1.165) is 16.7 Å². The molecule has 4 atom stereocenters. The lowest BCUT2D eigenvalue weighted by Crippen LogP contribution is -2.68. The number of fused-ring (bicyclic) bond motifs is 4. The zero-order valence-electron chi connectivity index (χ0n) is 34.6. The van der Waals surface area contributed by atoms with Gasteiger partial charge in [-0.3, -0.25) is 14.5 Å². The molecule has 2 aromatic heterocycles. The number of hydrogen-bond acceptors (Lipinski definition) is 11. The highest BCUT2D eigenvalue weighted by molar-refractivity contribution is 6.74. The number of nitrogens with zero attached hydrogens (tertiary/aromatic N) is 4. The van der Waals surface area contributed by atoms with Gasteiger partial charge in [0.15, 0.2) is 19.7 Å². The molecule has 12 heteroatoms. The Kier molecular flexibility index (Phi) is 11.1. The van der Waals surface area contributed by atoms with Crippen molar-refractivity contribution in [3.05, 3.63) is 131 Å². The molecule has 2 aromatic carbocycles. The van der Waals surface area contributed by atoms with Gasteiger partial charge in [-0.2, -0.15) is 0 Å². The number of ether oxygens (including phenoxy) is 2. The van der Waals surface area contributed by atoms with Crippen LogP contribution in [0.4, 0.5) is 5.82 Å². The van der Waals surface area contributed by atoms with Crippen LogP contribution in [0.15, 0.2) is 102 Å². The smallest absolute Gasteiger partial charge is 0.265 e. The number of rotatable bonds is 14. The summed E-state index contributed by atoms with van der Waals surface area (Å²) >= 11 is 0. The number of benzene rings is 2. The van der Waals surface area contributed by atoms with Gasteiger partial charge in [0.25, 0.3) is 5.88 Å². The Bertz CT molecular complexity index is 2230. The number of ketones is 2. The Labute approximate surface area is 342 Å². The molecule has 0 spiro atoms. The van der Waals surface area contributed by atoms with E-state index in [1.165, 1.54) is 0 Å². The van der Waals surface area contributed by atoms with Crippen molar-refractivity contribution in [3.8, 4) is 11.6 Å². The van der Waals surface area contributed by atoms with Crippen LogP contribution in [0, 0.1) is 11.8 Å². The van der Waals surface area contributed by atoms with Crippen molar-refractivity contribution in [3.63, 3.8) is 0 Å². The molecule has 1 N–H and O–H groups in total. The van der Waals surface area contributed by atoms with E-state index in [4.69, 9.17) is 23.4 Å². The van der Waals surface area contributed by atoms with Crippen molar-refractivity contribution >= 4 is 31.5 Å². The molecule has 1 fully saturated rings. The van der Waals surface area contributed by atoms with Gasteiger partial charge >= 0.3 is 0 Å². The summed E-state index contributed by atoms with van der Waals surface area (Å²) in [4.78, 5) is 40.5. The summed E-state index contributed by atoms with van der Waals surface area (Å²) in [5, 5.41) is 16.6. The van der Waals surface area contributed by atoms with Crippen molar-refractivity contribution in [1.29, 1.82) is 0 Å². The third kappa shape index (κ3) is 7.00. The number of carbonyl (C=O) groups is 2. The first-order chi connectivity index (χ1) is 27.6. The molecule has 58 heavy (non-hydrogen) atoms. The van der Waals surface area contributed by atoms with Crippen molar-refractivity contribution in [2.45, 2.75) is 76.6 Å². The highest BCUT2D eigenvalue weighted by atomic mass is 28.4. The van der Waals surface area contributed by atoms with Crippen molar-refractivity contribution in [2.75, 3.05) is 32.1 Å². The van der Waals surface area contributed by atoms with Crippen LogP contribution in [0.1, 0.15) is 71.6 Å². The summed E-state index contributed by atoms with van der Waals surface area (Å²) in [5.41, 5.74) is 1.13. The molecule has 0 saturated heterocycles. The van der Waals surface area contributed by atoms with E-state index in [2.05, 4.69) is 44.0 Å². The molecule has 3 aliphatic carbocycles. The first-order valence-corrected chi connectivity index (χ1v) is 22.8. The molecule has 0 bridgehead atoms. The van der Waals surface area contributed by atoms with Gasteiger partial charge in [-0.05, 0) is 53.2 Å². The van der Waals surface area contributed by atoms with Gasteiger partial charge in [-0.25, -0.2) is 4.98 Å². The number of aromatic nitrogens is 2. The lowest BCUT2D eigenvalue weighted by Gasteiger charge is -2.55. The molecule has 11 nitrogen and oxygen atoms in total. The molecule has 0 radical (unpaired) electrons. The van der Waals surface area contributed by atoms with E-state index >= 15 is 9.59 Å². The SMILES string of the molecule is C=CCN(CC=C)[C@@H]1c2onc(OCc3ccccc3)c2C(=O)[C@@]2(O[Si](C)(C)C(C)(C)C)C(=O)C3=C(O)c4c(OCc5ccccc5)cnc(N(C)C)c4C[C@H]3C[C@@H]12. The molecule has 4 aromatic rings. The highest BCUT2D eigenvalue weighted by Gasteiger charge is 2.69. The molecule has 0 amide bonds. The van der Waals surface area contributed by atoms with Crippen LogP contribution >= 0.6 is 0 Å². The topological polar surface area (TPSA) is 127 Å². The summed E-state index contributed by atoms with van der Waals surface area (Å²) in [6.45, 7) is 19.5. The van der Waals surface area contributed by atoms with Crippen LogP contribution in [0.25, 0.3) is 5.76 Å². The van der Waals surface area contributed by atoms with Crippen LogP contribution in [0.5, 0.6) is 11.6 Å². The zero-order chi connectivity index (χ0) is 41.6. The van der Waals surface area contributed by atoms with Crippen molar-refractivity contribution in [2.24, 2.45) is 11.8 Å². The van der Waals surface area contributed by atoms with Gasteiger partial charge in [-0.1, -0.05) is 93.6 Å². The summed E-state index contributed by atoms with van der Waals surface area (Å²) in [7, 11) is 0.838. The monoisotopic (exact) mass is 802 g/mol. The molecular formula is C46H54N4O7Si. The number of Topliss-reactive ketones (excluding diaryl/α,β-unsaturated/α-hetero) is 2. The Balaban J connectivity index is 1.45. The van der Waals surface area contributed by atoms with E-state index in [9.17, 15) is 5.11 Å². The fourth-order valence-electron chi connectivity index (χ4n) is 8.51. The second-order valence-electron chi connectivity index (χ2n) is 17.2. The van der Waals surface area contributed by atoms with Crippen LogP contribution in [0.3, 0.4) is 0 Å². The fourth-order valence-corrected chi connectivity index (χ4v) is 9.96. The van der Waals surface area contributed by atoms with Crippen LogP contribution < -0.4 is 14.4 Å². The van der Waals surface area contributed by atoms with E-state index in [-0.39, 0.29) is 36.0 Å². The lowest BCUT2D eigenvalue weighted by molar-refractivity contribution is -0.141. The fraction of sp³-hybridized carbons (Fsp3) is 0.391. The summed E-state index contributed by atoms with van der Waals surface area (Å²) in [5.74, 6) is -1.31. The van der Waals surface area contributed by atoms with E-state index in [0.29, 0.717) is 48.8 Å². The average molecular weight is 803 g/mol. The molecule has 2 heterocycles. The van der Waals surface area contributed by atoms with Gasteiger partial charge in [-0.15, -0.1) is 13.2 Å². The molecule has 304 valence electrons.